The molecule has 7 nitrogen and oxygen atoms in total. The molecule has 1 aromatic carbocycles. The van der Waals surface area contributed by atoms with Crippen molar-refractivity contribution in [2.24, 2.45) is 0 Å². The van der Waals surface area contributed by atoms with Gasteiger partial charge in [-0.25, -0.2) is 13.6 Å². The Balaban J connectivity index is 1.94. The normalized spacial score (nSPS) is 13.6. The van der Waals surface area contributed by atoms with Gasteiger partial charge in [0.1, 0.15) is 11.4 Å². The first-order valence-corrected chi connectivity index (χ1v) is 6.94. The molecular weight excluding hydrogens is 327 g/mol. The summed E-state index contributed by atoms with van der Waals surface area (Å²) in [7, 11) is 0. The largest absolute Gasteiger partial charge is 0.481 e. The van der Waals surface area contributed by atoms with Gasteiger partial charge in [-0.05, 0) is 18.2 Å². The van der Waals surface area contributed by atoms with Gasteiger partial charge in [0.25, 0.3) is 5.91 Å². The molecule has 116 valence electrons. The summed E-state index contributed by atoms with van der Waals surface area (Å²) in [6, 6.07) is 5.52. The van der Waals surface area contributed by atoms with Gasteiger partial charge < -0.3 is 10.1 Å². The number of carbonyl (C=O) groups is 1. The summed E-state index contributed by atoms with van der Waals surface area (Å²) in [4.78, 5) is 23.8. The number of hydrogen-bond donors (Lipinski definition) is 1. The van der Waals surface area contributed by atoms with Crippen LogP contribution in [0.5, 0.6) is 5.75 Å². The van der Waals surface area contributed by atoms with Gasteiger partial charge >= 0.3 is 5.69 Å². The van der Waals surface area contributed by atoms with Gasteiger partial charge in [0, 0.05) is 12.3 Å². The van der Waals surface area contributed by atoms with Crippen LogP contribution in [0.4, 0.5) is 10.1 Å². The van der Waals surface area contributed by atoms with Crippen molar-refractivity contribution >= 4 is 28.8 Å². The lowest BCUT2D eigenvalue weighted by Gasteiger charge is -2.18. The molecule has 0 spiro atoms. The number of fused-ring (bicyclic) bond motifs is 2. The Hall–Kier alpha value is -2.87. The van der Waals surface area contributed by atoms with Gasteiger partial charge in [0.05, 0.1) is 10.7 Å². The summed E-state index contributed by atoms with van der Waals surface area (Å²) in [6.07, 6.45) is 1.39. The zero-order valence-electron chi connectivity index (χ0n) is 11.4. The standard InChI is InChI=1S/C14H8ClFN4O3/c15-7-1-2-12-18-20(14(22)19(12)5-7)10-4-9-11(3-8(10)16)23-6-13(21)17-9/h1-5H,6H2,(H,17,21). The van der Waals surface area contributed by atoms with Crippen molar-refractivity contribution in [3.63, 3.8) is 0 Å². The van der Waals surface area contributed by atoms with Crippen molar-refractivity contribution in [3.05, 3.63) is 51.8 Å². The van der Waals surface area contributed by atoms with E-state index in [0.29, 0.717) is 10.7 Å². The summed E-state index contributed by atoms with van der Waals surface area (Å²) in [5.74, 6) is -0.855. The minimum atomic E-state index is -0.698. The van der Waals surface area contributed by atoms with Crippen molar-refractivity contribution in [3.8, 4) is 11.4 Å². The predicted molar refractivity (Wildman–Crippen MR) is 79.9 cm³/mol. The first-order chi connectivity index (χ1) is 11.0. The number of amides is 1. The molecule has 0 bridgehead atoms. The Bertz CT molecular complexity index is 1030. The van der Waals surface area contributed by atoms with Crippen molar-refractivity contribution < 1.29 is 13.9 Å². The summed E-state index contributed by atoms with van der Waals surface area (Å²) in [5.41, 5.74) is -0.0831. The number of aromatic nitrogens is 3. The number of ether oxygens (including phenoxy) is 1. The van der Waals surface area contributed by atoms with Gasteiger partial charge in [-0.2, -0.15) is 4.68 Å². The SMILES string of the molecule is O=C1COc2cc(F)c(-n3nc4ccc(Cl)cn4c3=O)cc2N1. The van der Waals surface area contributed by atoms with E-state index in [0.717, 1.165) is 10.7 Å². The third-order valence-electron chi connectivity index (χ3n) is 3.39. The molecule has 2 aromatic heterocycles. The maximum Gasteiger partial charge on any atom is 0.355 e. The minimum Gasteiger partial charge on any atom is -0.481 e. The zero-order chi connectivity index (χ0) is 16.1. The number of nitrogens with one attached hydrogen (secondary N) is 1. The first kappa shape index (κ1) is 13.8. The van der Waals surface area contributed by atoms with E-state index in [9.17, 15) is 14.0 Å². The molecule has 0 saturated carbocycles. The fourth-order valence-corrected chi connectivity index (χ4v) is 2.52. The van der Waals surface area contributed by atoms with Crippen LogP contribution < -0.4 is 15.7 Å². The highest BCUT2D eigenvalue weighted by molar-refractivity contribution is 6.30. The van der Waals surface area contributed by atoms with Gasteiger partial charge in [-0.3, -0.25) is 4.79 Å². The fraction of sp³-hybridized carbons (Fsp3) is 0.0714. The van der Waals surface area contributed by atoms with Crippen LogP contribution >= 0.6 is 11.6 Å². The smallest absolute Gasteiger partial charge is 0.355 e. The monoisotopic (exact) mass is 334 g/mol. The number of hydrogen-bond acceptors (Lipinski definition) is 4. The Morgan fingerprint density at radius 2 is 2.13 bits per heavy atom. The van der Waals surface area contributed by atoms with E-state index in [1.165, 1.54) is 16.7 Å². The summed E-state index contributed by atoms with van der Waals surface area (Å²) < 4.78 is 21.6. The molecule has 4 rings (SSSR count). The van der Waals surface area contributed by atoms with Crippen LogP contribution in [0, 0.1) is 5.82 Å². The molecule has 1 N–H and O–H groups in total. The van der Waals surface area contributed by atoms with Crippen LogP contribution in [0.25, 0.3) is 11.3 Å². The Morgan fingerprint density at radius 3 is 2.96 bits per heavy atom. The third-order valence-corrected chi connectivity index (χ3v) is 3.61. The number of pyridine rings is 1. The maximum absolute atomic E-state index is 14.3. The van der Waals surface area contributed by atoms with Gasteiger partial charge in [0.15, 0.2) is 18.1 Å². The van der Waals surface area contributed by atoms with Gasteiger partial charge in [-0.15, -0.1) is 5.10 Å². The summed E-state index contributed by atoms with van der Waals surface area (Å²) >= 11 is 5.85. The average molecular weight is 335 g/mol. The first-order valence-electron chi connectivity index (χ1n) is 6.56. The lowest BCUT2D eigenvalue weighted by molar-refractivity contribution is -0.118. The molecule has 9 heteroatoms. The van der Waals surface area contributed by atoms with E-state index < -0.39 is 11.5 Å². The van der Waals surface area contributed by atoms with E-state index >= 15 is 0 Å². The number of carbonyl (C=O) groups excluding carboxylic acids is 1. The second-order valence-electron chi connectivity index (χ2n) is 4.91. The van der Waals surface area contributed by atoms with Crippen LogP contribution in [0.3, 0.4) is 0 Å². The van der Waals surface area contributed by atoms with Crippen LogP contribution in [0.1, 0.15) is 0 Å². The molecule has 1 aliphatic rings. The van der Waals surface area contributed by atoms with E-state index in [4.69, 9.17) is 16.3 Å². The molecule has 0 aliphatic carbocycles. The molecule has 0 unspecified atom stereocenters. The molecule has 1 amide bonds. The topological polar surface area (TPSA) is 77.6 Å². The molecule has 3 heterocycles. The number of anilines is 1. The predicted octanol–water partition coefficient (Wildman–Crippen LogP) is 1.61. The van der Waals surface area contributed by atoms with Crippen LogP contribution in [-0.2, 0) is 4.79 Å². The fourth-order valence-electron chi connectivity index (χ4n) is 2.36. The number of halogens is 2. The Kier molecular flexibility index (Phi) is 2.88. The van der Waals surface area contributed by atoms with E-state index in [1.54, 1.807) is 12.1 Å². The van der Waals surface area contributed by atoms with Crippen molar-refractivity contribution in [1.82, 2.24) is 14.2 Å². The Labute approximate surface area is 132 Å². The van der Waals surface area contributed by atoms with Crippen LogP contribution in [0.2, 0.25) is 5.02 Å². The molecule has 3 aromatic rings. The average Bonchev–Trinajstić information content (AvgIpc) is 2.84. The minimum absolute atomic E-state index is 0.0978. The molecule has 1 aliphatic heterocycles. The number of nitrogens with zero attached hydrogens (tertiary/aromatic N) is 3. The number of rotatable bonds is 1. The second kappa shape index (κ2) is 4.82. The highest BCUT2D eigenvalue weighted by atomic mass is 35.5. The third kappa shape index (κ3) is 2.15. The van der Waals surface area contributed by atoms with E-state index in [2.05, 4.69) is 10.4 Å². The second-order valence-corrected chi connectivity index (χ2v) is 5.34. The summed E-state index contributed by atoms with van der Waals surface area (Å²) in [6.45, 7) is -0.182. The molecule has 23 heavy (non-hydrogen) atoms. The van der Waals surface area contributed by atoms with Gasteiger partial charge in [0.2, 0.25) is 0 Å². The zero-order valence-corrected chi connectivity index (χ0v) is 12.2. The maximum atomic E-state index is 14.3. The quantitative estimate of drug-likeness (QED) is 0.733. The van der Waals surface area contributed by atoms with Crippen molar-refractivity contribution in [2.45, 2.75) is 0 Å². The van der Waals surface area contributed by atoms with Crippen molar-refractivity contribution in [2.75, 3.05) is 11.9 Å². The highest BCUT2D eigenvalue weighted by Gasteiger charge is 2.21. The lowest BCUT2D eigenvalue weighted by atomic mass is 10.2. The van der Waals surface area contributed by atoms with Crippen LogP contribution in [0.15, 0.2) is 35.3 Å². The molecule has 0 fully saturated rings. The summed E-state index contributed by atoms with van der Waals surface area (Å²) in [5, 5.41) is 6.98. The van der Waals surface area contributed by atoms with Crippen LogP contribution in [-0.4, -0.2) is 26.7 Å². The molecular formula is C14H8ClFN4O3. The highest BCUT2D eigenvalue weighted by Crippen LogP contribution is 2.31. The Morgan fingerprint density at radius 1 is 1.30 bits per heavy atom. The molecule has 0 saturated heterocycles. The number of benzene rings is 1. The molecule has 0 radical (unpaired) electrons. The van der Waals surface area contributed by atoms with Gasteiger partial charge in [-0.1, -0.05) is 11.6 Å². The van der Waals surface area contributed by atoms with E-state index in [1.807, 2.05) is 0 Å². The lowest BCUT2D eigenvalue weighted by Crippen LogP contribution is -2.26. The van der Waals surface area contributed by atoms with Crippen molar-refractivity contribution in [1.29, 1.82) is 0 Å². The molecule has 0 atom stereocenters. The van der Waals surface area contributed by atoms with E-state index in [-0.39, 0.29) is 29.6 Å².